The minimum atomic E-state index is -0.539. The predicted octanol–water partition coefficient (Wildman–Crippen LogP) is 4.31. The molecule has 118 valence electrons. The quantitative estimate of drug-likeness (QED) is 0.789. The molecule has 1 heterocycles. The van der Waals surface area contributed by atoms with E-state index >= 15 is 0 Å². The standard InChI is InChI=1S/C19H18O4/c1-12-5-4-6-13(2)17(12)16-10-14(19-22-7-8-23-19)9-15(11-20)18(16)21-3/h4-11,19H,1-3H3. The zero-order valence-corrected chi connectivity index (χ0v) is 13.3. The minimum Gasteiger partial charge on any atom is -0.495 e. The maximum absolute atomic E-state index is 11.5. The van der Waals surface area contributed by atoms with Gasteiger partial charge in [-0.05, 0) is 42.7 Å². The highest BCUT2D eigenvalue weighted by molar-refractivity contribution is 5.88. The lowest BCUT2D eigenvalue weighted by molar-refractivity contribution is -0.0246. The second-order valence-electron chi connectivity index (χ2n) is 5.45. The van der Waals surface area contributed by atoms with Crippen LogP contribution in [-0.2, 0) is 9.47 Å². The third-order valence-electron chi connectivity index (χ3n) is 3.95. The summed E-state index contributed by atoms with van der Waals surface area (Å²) in [7, 11) is 1.57. The first-order valence-corrected chi connectivity index (χ1v) is 7.35. The van der Waals surface area contributed by atoms with Crippen molar-refractivity contribution in [2.24, 2.45) is 0 Å². The van der Waals surface area contributed by atoms with Crippen molar-refractivity contribution in [2.45, 2.75) is 20.1 Å². The summed E-state index contributed by atoms with van der Waals surface area (Å²) < 4.78 is 16.3. The Morgan fingerprint density at radius 3 is 2.30 bits per heavy atom. The van der Waals surface area contributed by atoms with Crippen LogP contribution < -0.4 is 4.74 Å². The molecule has 0 saturated heterocycles. The van der Waals surface area contributed by atoms with Gasteiger partial charge in [0.15, 0.2) is 6.29 Å². The number of benzene rings is 2. The zero-order valence-electron chi connectivity index (χ0n) is 13.3. The third-order valence-corrected chi connectivity index (χ3v) is 3.95. The molecule has 0 saturated carbocycles. The Morgan fingerprint density at radius 1 is 1.09 bits per heavy atom. The molecule has 0 radical (unpaired) electrons. The second kappa shape index (κ2) is 6.16. The molecule has 23 heavy (non-hydrogen) atoms. The largest absolute Gasteiger partial charge is 0.495 e. The number of aryl methyl sites for hydroxylation is 2. The highest BCUT2D eigenvalue weighted by Crippen LogP contribution is 2.39. The van der Waals surface area contributed by atoms with E-state index in [1.807, 2.05) is 38.1 Å². The summed E-state index contributed by atoms with van der Waals surface area (Å²) in [6, 6.07) is 9.79. The molecule has 2 aromatic rings. The monoisotopic (exact) mass is 310 g/mol. The number of ether oxygens (including phenoxy) is 3. The van der Waals surface area contributed by atoms with Gasteiger partial charge in [0.25, 0.3) is 6.29 Å². The van der Waals surface area contributed by atoms with E-state index in [9.17, 15) is 4.79 Å². The van der Waals surface area contributed by atoms with E-state index in [1.54, 1.807) is 13.2 Å². The molecule has 0 aliphatic carbocycles. The number of hydrogen-bond donors (Lipinski definition) is 0. The molecule has 3 rings (SSSR count). The molecular formula is C19H18O4. The fourth-order valence-corrected chi connectivity index (χ4v) is 2.95. The SMILES string of the molecule is COc1c(C=O)cc(C2OC=CO2)cc1-c1c(C)cccc1C. The lowest BCUT2D eigenvalue weighted by atomic mass is 9.92. The van der Waals surface area contributed by atoms with Crippen LogP contribution in [0.4, 0.5) is 0 Å². The first kappa shape index (κ1) is 15.2. The van der Waals surface area contributed by atoms with Crippen LogP contribution in [0.5, 0.6) is 5.75 Å². The summed E-state index contributed by atoms with van der Waals surface area (Å²) in [5.41, 5.74) is 5.40. The van der Waals surface area contributed by atoms with Crippen LogP contribution >= 0.6 is 0 Å². The van der Waals surface area contributed by atoms with E-state index in [4.69, 9.17) is 14.2 Å². The number of hydrogen-bond acceptors (Lipinski definition) is 4. The van der Waals surface area contributed by atoms with Crippen molar-refractivity contribution < 1.29 is 19.0 Å². The van der Waals surface area contributed by atoms with Gasteiger partial charge in [-0.3, -0.25) is 4.79 Å². The van der Waals surface area contributed by atoms with Crippen molar-refractivity contribution in [1.82, 2.24) is 0 Å². The molecular weight excluding hydrogens is 292 g/mol. The molecule has 0 spiro atoms. The maximum atomic E-state index is 11.5. The third kappa shape index (κ3) is 2.68. The van der Waals surface area contributed by atoms with Gasteiger partial charge >= 0.3 is 0 Å². The van der Waals surface area contributed by atoms with Crippen LogP contribution in [0.25, 0.3) is 11.1 Å². The maximum Gasteiger partial charge on any atom is 0.266 e. The number of aldehydes is 1. The molecule has 0 amide bonds. The molecule has 0 fully saturated rings. The Bertz CT molecular complexity index is 749. The first-order chi connectivity index (χ1) is 11.2. The summed E-state index contributed by atoms with van der Waals surface area (Å²) in [4.78, 5) is 11.5. The molecule has 0 bridgehead atoms. The van der Waals surface area contributed by atoms with Gasteiger partial charge in [-0.1, -0.05) is 18.2 Å². The molecule has 0 N–H and O–H groups in total. The highest BCUT2D eigenvalue weighted by Gasteiger charge is 2.22. The molecule has 4 heteroatoms. The van der Waals surface area contributed by atoms with Gasteiger partial charge in [0.05, 0.1) is 12.7 Å². The summed E-state index contributed by atoms with van der Waals surface area (Å²) in [5.74, 6) is 0.562. The number of methoxy groups -OCH3 is 1. The van der Waals surface area contributed by atoms with Crippen LogP contribution in [0.3, 0.4) is 0 Å². The fourth-order valence-electron chi connectivity index (χ4n) is 2.95. The zero-order chi connectivity index (χ0) is 16.4. The normalized spacial score (nSPS) is 13.5. The topological polar surface area (TPSA) is 44.8 Å². The predicted molar refractivity (Wildman–Crippen MR) is 87.3 cm³/mol. The summed E-state index contributed by atoms with van der Waals surface area (Å²) in [6.45, 7) is 4.08. The van der Waals surface area contributed by atoms with Crippen molar-refractivity contribution in [3.8, 4) is 16.9 Å². The lowest BCUT2D eigenvalue weighted by Gasteiger charge is -2.19. The first-order valence-electron chi connectivity index (χ1n) is 7.35. The molecule has 2 aromatic carbocycles. The molecule has 1 aliphatic heterocycles. The van der Waals surface area contributed by atoms with Gasteiger partial charge in [-0.25, -0.2) is 0 Å². The van der Waals surface area contributed by atoms with E-state index < -0.39 is 6.29 Å². The minimum absolute atomic E-state index is 0.474. The van der Waals surface area contributed by atoms with Crippen molar-refractivity contribution in [3.05, 3.63) is 65.1 Å². The Hall–Kier alpha value is -2.75. The van der Waals surface area contributed by atoms with Crippen LogP contribution in [0.1, 0.15) is 33.3 Å². The fraction of sp³-hybridized carbons (Fsp3) is 0.211. The average Bonchev–Trinajstić information content (AvgIpc) is 3.08. The number of carbonyl (C=O) groups excluding carboxylic acids is 1. The van der Waals surface area contributed by atoms with Crippen LogP contribution in [0.15, 0.2) is 42.9 Å². The Kier molecular flexibility index (Phi) is 4.06. The van der Waals surface area contributed by atoms with E-state index in [2.05, 4.69) is 0 Å². The van der Waals surface area contributed by atoms with Gasteiger partial charge < -0.3 is 14.2 Å². The Morgan fingerprint density at radius 2 is 1.74 bits per heavy atom. The van der Waals surface area contributed by atoms with E-state index in [0.717, 1.165) is 34.1 Å². The van der Waals surface area contributed by atoms with Crippen LogP contribution in [-0.4, -0.2) is 13.4 Å². The average molecular weight is 310 g/mol. The van der Waals surface area contributed by atoms with Crippen molar-refractivity contribution in [3.63, 3.8) is 0 Å². The van der Waals surface area contributed by atoms with E-state index in [0.29, 0.717) is 11.3 Å². The Labute approximate surface area is 135 Å². The van der Waals surface area contributed by atoms with Gasteiger partial charge in [-0.2, -0.15) is 0 Å². The van der Waals surface area contributed by atoms with Gasteiger partial charge in [0.2, 0.25) is 0 Å². The highest BCUT2D eigenvalue weighted by atomic mass is 16.7. The van der Waals surface area contributed by atoms with Crippen LogP contribution in [0, 0.1) is 13.8 Å². The molecule has 1 aliphatic rings. The van der Waals surface area contributed by atoms with Crippen molar-refractivity contribution in [2.75, 3.05) is 7.11 Å². The van der Waals surface area contributed by atoms with Crippen molar-refractivity contribution >= 4 is 6.29 Å². The van der Waals surface area contributed by atoms with Crippen LogP contribution in [0.2, 0.25) is 0 Å². The number of carbonyl (C=O) groups is 1. The van der Waals surface area contributed by atoms with Gasteiger partial charge in [0.1, 0.15) is 18.3 Å². The smallest absolute Gasteiger partial charge is 0.266 e. The van der Waals surface area contributed by atoms with Gasteiger partial charge in [0, 0.05) is 11.1 Å². The molecule has 0 aromatic heterocycles. The lowest BCUT2D eigenvalue weighted by Crippen LogP contribution is -2.03. The van der Waals surface area contributed by atoms with Gasteiger partial charge in [-0.15, -0.1) is 0 Å². The second-order valence-corrected chi connectivity index (χ2v) is 5.45. The van der Waals surface area contributed by atoms with Crippen molar-refractivity contribution in [1.29, 1.82) is 0 Å². The summed E-state index contributed by atoms with van der Waals surface area (Å²) in [5, 5.41) is 0. The Balaban J connectivity index is 2.25. The molecule has 0 unspecified atom stereocenters. The number of rotatable bonds is 4. The summed E-state index contributed by atoms with van der Waals surface area (Å²) >= 11 is 0. The van der Waals surface area contributed by atoms with E-state index in [-0.39, 0.29) is 0 Å². The molecule has 4 nitrogen and oxygen atoms in total. The molecule has 0 atom stereocenters. The van der Waals surface area contributed by atoms with E-state index in [1.165, 1.54) is 12.5 Å². The summed E-state index contributed by atoms with van der Waals surface area (Å²) in [6.07, 6.45) is 3.24.